The first-order valence-electron chi connectivity index (χ1n) is 9.27. The van der Waals surface area contributed by atoms with Gasteiger partial charge in [0.25, 0.3) is 11.8 Å². The van der Waals surface area contributed by atoms with Crippen LogP contribution >= 0.6 is 31.9 Å². The minimum Gasteiger partial charge on any atom is -0.350 e. The SMILES string of the molecule is C.Cc1cccnc1-n1nc(Br)cc1C(=O)Nc1c(C)cc(Br)cc1C(=O)NC(C)C. The van der Waals surface area contributed by atoms with Gasteiger partial charge in [-0.25, -0.2) is 9.67 Å². The Morgan fingerprint density at radius 3 is 2.42 bits per heavy atom. The van der Waals surface area contributed by atoms with Crippen LogP contribution in [0.1, 0.15) is 53.2 Å². The summed E-state index contributed by atoms with van der Waals surface area (Å²) >= 11 is 6.76. The Hall–Kier alpha value is -2.52. The second-order valence-corrected chi connectivity index (χ2v) is 8.86. The Morgan fingerprint density at radius 2 is 1.77 bits per heavy atom. The Bertz CT molecular complexity index is 1130. The lowest BCUT2D eigenvalue weighted by molar-refractivity contribution is 0.0944. The van der Waals surface area contributed by atoms with Crippen molar-refractivity contribution in [1.29, 1.82) is 0 Å². The molecule has 2 aromatic heterocycles. The Kier molecular flexibility index (Phi) is 8.14. The highest BCUT2D eigenvalue weighted by atomic mass is 79.9. The van der Waals surface area contributed by atoms with E-state index in [1.807, 2.05) is 45.9 Å². The van der Waals surface area contributed by atoms with E-state index >= 15 is 0 Å². The third-order valence-corrected chi connectivity index (χ3v) is 5.14. The van der Waals surface area contributed by atoms with Crippen molar-refractivity contribution in [2.45, 2.75) is 41.2 Å². The Balaban J connectivity index is 0.00000341. The summed E-state index contributed by atoms with van der Waals surface area (Å²) in [4.78, 5) is 30.3. The monoisotopic (exact) mass is 549 g/mol. The van der Waals surface area contributed by atoms with E-state index in [0.29, 0.717) is 27.4 Å². The van der Waals surface area contributed by atoms with Crippen LogP contribution in [0.3, 0.4) is 0 Å². The number of rotatable bonds is 5. The van der Waals surface area contributed by atoms with Gasteiger partial charge in [-0.1, -0.05) is 29.4 Å². The fourth-order valence-corrected chi connectivity index (χ4v) is 3.93. The van der Waals surface area contributed by atoms with Crippen LogP contribution in [0.25, 0.3) is 5.82 Å². The van der Waals surface area contributed by atoms with Crippen molar-refractivity contribution in [3.63, 3.8) is 0 Å². The van der Waals surface area contributed by atoms with Crippen LogP contribution in [0.4, 0.5) is 5.69 Å². The van der Waals surface area contributed by atoms with Gasteiger partial charge in [-0.05, 0) is 73.0 Å². The topological polar surface area (TPSA) is 88.9 Å². The van der Waals surface area contributed by atoms with Crippen molar-refractivity contribution >= 4 is 49.4 Å². The van der Waals surface area contributed by atoms with Gasteiger partial charge in [-0.2, -0.15) is 5.10 Å². The average Bonchev–Trinajstić information content (AvgIpc) is 3.05. The normalized spacial score (nSPS) is 10.5. The molecular formula is C22H25Br2N5O2. The Labute approximate surface area is 198 Å². The van der Waals surface area contributed by atoms with Gasteiger partial charge in [0.15, 0.2) is 5.82 Å². The van der Waals surface area contributed by atoms with Gasteiger partial charge in [-0.15, -0.1) is 0 Å². The summed E-state index contributed by atoms with van der Waals surface area (Å²) in [6, 6.07) is 8.83. The van der Waals surface area contributed by atoms with Crippen LogP contribution in [0.15, 0.2) is 45.6 Å². The third kappa shape index (κ3) is 5.59. The number of benzene rings is 1. The van der Waals surface area contributed by atoms with Crippen molar-refractivity contribution in [1.82, 2.24) is 20.1 Å². The fourth-order valence-electron chi connectivity index (χ4n) is 2.98. The summed E-state index contributed by atoms with van der Waals surface area (Å²) in [5.41, 5.74) is 2.75. The number of halogens is 2. The van der Waals surface area contributed by atoms with Crippen molar-refractivity contribution in [3.8, 4) is 5.82 Å². The first-order chi connectivity index (χ1) is 14.2. The maximum absolute atomic E-state index is 13.2. The molecule has 0 bridgehead atoms. The lowest BCUT2D eigenvalue weighted by atomic mass is 10.1. The zero-order valence-electron chi connectivity index (χ0n) is 17.0. The zero-order valence-corrected chi connectivity index (χ0v) is 20.1. The minimum absolute atomic E-state index is 0. The largest absolute Gasteiger partial charge is 0.350 e. The summed E-state index contributed by atoms with van der Waals surface area (Å²) < 4.78 is 2.74. The molecule has 0 fully saturated rings. The molecule has 9 heteroatoms. The molecule has 0 saturated carbocycles. The lowest BCUT2D eigenvalue weighted by Crippen LogP contribution is -2.31. The number of carbonyl (C=O) groups is 2. The molecule has 0 aliphatic carbocycles. The maximum atomic E-state index is 13.2. The number of pyridine rings is 1. The molecule has 0 spiro atoms. The molecule has 0 saturated heterocycles. The fraction of sp³-hybridized carbons (Fsp3) is 0.273. The number of hydrogen-bond acceptors (Lipinski definition) is 4. The molecule has 0 radical (unpaired) electrons. The molecule has 0 aliphatic rings. The number of amides is 2. The zero-order chi connectivity index (χ0) is 22.0. The van der Waals surface area contributed by atoms with E-state index in [-0.39, 0.29) is 19.4 Å². The molecule has 2 amide bonds. The summed E-state index contributed by atoms with van der Waals surface area (Å²) in [6.07, 6.45) is 1.65. The number of hydrogen-bond donors (Lipinski definition) is 2. The maximum Gasteiger partial charge on any atom is 0.274 e. The second kappa shape index (κ2) is 10.2. The average molecular weight is 551 g/mol. The highest BCUT2D eigenvalue weighted by Crippen LogP contribution is 2.27. The van der Waals surface area contributed by atoms with Gasteiger partial charge in [-0.3, -0.25) is 9.59 Å². The summed E-state index contributed by atoms with van der Waals surface area (Å²) in [6.45, 7) is 7.49. The summed E-state index contributed by atoms with van der Waals surface area (Å²) in [7, 11) is 0. The van der Waals surface area contributed by atoms with E-state index in [9.17, 15) is 9.59 Å². The van der Waals surface area contributed by atoms with E-state index in [1.54, 1.807) is 18.3 Å². The van der Waals surface area contributed by atoms with Crippen LogP contribution in [0.2, 0.25) is 0 Å². The van der Waals surface area contributed by atoms with E-state index in [4.69, 9.17) is 0 Å². The van der Waals surface area contributed by atoms with Crippen molar-refractivity contribution < 1.29 is 9.59 Å². The molecular weight excluding hydrogens is 526 g/mol. The number of aromatic nitrogens is 3. The number of carbonyl (C=O) groups excluding carboxylic acids is 2. The van der Waals surface area contributed by atoms with Gasteiger partial charge < -0.3 is 10.6 Å². The van der Waals surface area contributed by atoms with Crippen LogP contribution in [-0.2, 0) is 0 Å². The van der Waals surface area contributed by atoms with Gasteiger partial charge in [0, 0.05) is 22.8 Å². The quantitative estimate of drug-likeness (QED) is 0.443. The number of nitrogens with zero attached hydrogens (tertiary/aromatic N) is 3. The van der Waals surface area contributed by atoms with Crippen molar-refractivity contribution in [3.05, 3.63) is 68.0 Å². The summed E-state index contributed by atoms with van der Waals surface area (Å²) in [5.74, 6) is -0.110. The van der Waals surface area contributed by atoms with Gasteiger partial charge in [0.2, 0.25) is 0 Å². The first kappa shape index (κ1) is 24.7. The van der Waals surface area contributed by atoms with E-state index < -0.39 is 5.91 Å². The van der Waals surface area contributed by atoms with Crippen LogP contribution in [0, 0.1) is 13.8 Å². The molecule has 0 atom stereocenters. The minimum atomic E-state index is -0.401. The molecule has 0 aliphatic heterocycles. The molecule has 2 heterocycles. The predicted octanol–water partition coefficient (Wildman–Crippen LogP) is 5.44. The summed E-state index contributed by atoms with van der Waals surface area (Å²) in [5, 5.41) is 10.1. The van der Waals surface area contributed by atoms with E-state index in [2.05, 4.69) is 52.6 Å². The predicted molar refractivity (Wildman–Crippen MR) is 130 cm³/mol. The molecule has 2 N–H and O–H groups in total. The molecule has 0 unspecified atom stereocenters. The molecule has 3 aromatic rings. The lowest BCUT2D eigenvalue weighted by Gasteiger charge is -2.16. The van der Waals surface area contributed by atoms with E-state index in [0.717, 1.165) is 15.6 Å². The van der Waals surface area contributed by atoms with Gasteiger partial charge >= 0.3 is 0 Å². The van der Waals surface area contributed by atoms with Crippen LogP contribution < -0.4 is 10.6 Å². The first-order valence-corrected chi connectivity index (χ1v) is 10.9. The highest BCUT2D eigenvalue weighted by Gasteiger charge is 2.22. The molecule has 3 rings (SSSR count). The smallest absolute Gasteiger partial charge is 0.274 e. The molecule has 1 aromatic carbocycles. The van der Waals surface area contributed by atoms with Crippen molar-refractivity contribution in [2.75, 3.05) is 5.32 Å². The van der Waals surface area contributed by atoms with Gasteiger partial charge in [0.1, 0.15) is 10.3 Å². The van der Waals surface area contributed by atoms with Crippen LogP contribution in [0.5, 0.6) is 0 Å². The second-order valence-electron chi connectivity index (χ2n) is 7.14. The number of anilines is 1. The molecule has 7 nitrogen and oxygen atoms in total. The highest BCUT2D eigenvalue weighted by molar-refractivity contribution is 9.10. The Morgan fingerprint density at radius 1 is 1.06 bits per heavy atom. The standard InChI is InChI=1S/C21H21Br2N5O2.CH4/c1-11(2)25-20(29)15-9-14(22)8-13(4)18(15)26-21(30)16-10-17(23)27-28(16)19-12(3)6-5-7-24-19;/h5-11H,1-4H3,(H,25,29)(H,26,30);1H4. The van der Waals surface area contributed by atoms with Crippen molar-refractivity contribution in [2.24, 2.45) is 0 Å². The number of nitrogens with one attached hydrogen (secondary N) is 2. The third-order valence-electron chi connectivity index (χ3n) is 4.30. The number of aryl methyl sites for hydroxylation is 2. The van der Waals surface area contributed by atoms with Crippen LogP contribution in [-0.4, -0.2) is 32.6 Å². The molecule has 164 valence electrons. The van der Waals surface area contributed by atoms with E-state index in [1.165, 1.54) is 4.68 Å². The van der Waals surface area contributed by atoms with Gasteiger partial charge in [0.05, 0.1) is 11.3 Å². The molecule has 31 heavy (non-hydrogen) atoms.